The van der Waals surface area contributed by atoms with Crippen LogP contribution in [0.5, 0.6) is 0 Å². The van der Waals surface area contributed by atoms with Crippen LogP contribution < -0.4 is 16.0 Å². The van der Waals surface area contributed by atoms with Crippen LogP contribution >= 0.6 is 0 Å². The zero-order chi connectivity index (χ0) is 18.3. The molecule has 0 radical (unpaired) electrons. The maximum atomic E-state index is 5.98. The minimum atomic E-state index is 0.265. The molecule has 2 fully saturated rings. The quantitative estimate of drug-likeness (QED) is 0.651. The number of hydrogen-bond acceptors (Lipinski definition) is 5. The second-order valence-electron chi connectivity index (χ2n) is 7.95. The van der Waals surface area contributed by atoms with E-state index in [0.717, 1.165) is 41.8 Å². The summed E-state index contributed by atoms with van der Waals surface area (Å²) in [5, 5.41) is 5.00. The smallest absolute Gasteiger partial charge is 0.139 e. The van der Waals surface area contributed by atoms with E-state index in [4.69, 9.17) is 5.73 Å². The van der Waals surface area contributed by atoms with Crippen molar-refractivity contribution < 1.29 is 0 Å². The molecule has 3 aromatic heterocycles. The van der Waals surface area contributed by atoms with Crippen molar-refractivity contribution in [3.05, 3.63) is 36.9 Å². The number of piperidine rings is 2. The summed E-state index contributed by atoms with van der Waals surface area (Å²) >= 11 is 0. The SMILES string of the molecule is Nc1cncc(-c2c[nH]c3nccc(N4CCCC5(CCCCN5)C4)c23)c1. The lowest BCUT2D eigenvalue weighted by molar-refractivity contribution is 0.216. The van der Waals surface area contributed by atoms with Crippen molar-refractivity contribution in [2.24, 2.45) is 0 Å². The molecular weight excluding hydrogens is 336 g/mol. The zero-order valence-electron chi connectivity index (χ0n) is 15.5. The highest BCUT2D eigenvalue weighted by Gasteiger charge is 2.36. The van der Waals surface area contributed by atoms with Gasteiger partial charge in [-0.1, -0.05) is 6.42 Å². The van der Waals surface area contributed by atoms with Crippen LogP contribution in [0.4, 0.5) is 11.4 Å². The predicted molar refractivity (Wildman–Crippen MR) is 110 cm³/mol. The highest BCUT2D eigenvalue weighted by atomic mass is 15.2. The maximum absolute atomic E-state index is 5.98. The van der Waals surface area contributed by atoms with Gasteiger partial charge in [-0.2, -0.15) is 0 Å². The molecule has 2 aliphatic heterocycles. The Bertz CT molecular complexity index is 951. The van der Waals surface area contributed by atoms with Gasteiger partial charge in [0.15, 0.2) is 0 Å². The normalized spacial score (nSPS) is 23.2. The fourth-order valence-corrected chi connectivity index (χ4v) is 4.85. The van der Waals surface area contributed by atoms with Crippen molar-refractivity contribution >= 4 is 22.4 Å². The number of aromatic nitrogens is 3. The van der Waals surface area contributed by atoms with E-state index < -0.39 is 0 Å². The van der Waals surface area contributed by atoms with E-state index in [0.29, 0.717) is 5.69 Å². The fourth-order valence-electron chi connectivity index (χ4n) is 4.85. The summed E-state index contributed by atoms with van der Waals surface area (Å²) in [5.74, 6) is 0. The summed E-state index contributed by atoms with van der Waals surface area (Å²) in [6.07, 6.45) is 13.9. The molecule has 0 aliphatic carbocycles. The van der Waals surface area contributed by atoms with Gasteiger partial charge in [0.05, 0.1) is 5.69 Å². The van der Waals surface area contributed by atoms with Gasteiger partial charge in [0.25, 0.3) is 0 Å². The molecule has 27 heavy (non-hydrogen) atoms. The first-order valence-corrected chi connectivity index (χ1v) is 9.91. The van der Waals surface area contributed by atoms with Gasteiger partial charge in [-0.15, -0.1) is 0 Å². The number of nitrogens with two attached hydrogens (primary N) is 1. The topological polar surface area (TPSA) is 82.9 Å². The van der Waals surface area contributed by atoms with Crippen molar-refractivity contribution in [1.82, 2.24) is 20.3 Å². The summed E-state index contributed by atoms with van der Waals surface area (Å²) in [4.78, 5) is 14.7. The van der Waals surface area contributed by atoms with E-state index in [9.17, 15) is 0 Å². The highest BCUT2D eigenvalue weighted by molar-refractivity contribution is 6.02. The third kappa shape index (κ3) is 2.94. The lowest BCUT2D eigenvalue weighted by Crippen LogP contribution is -2.59. The third-order valence-electron chi connectivity index (χ3n) is 6.12. The standard InChI is InChI=1S/C21H26N6/c22-16-10-15(11-23-12-16)17-13-25-20-19(17)18(4-8-24-20)27-9-3-6-21(14-27)5-1-2-7-26-21/h4,8,10-13,26H,1-3,5-7,9,14,22H2,(H,24,25). The molecule has 5 rings (SSSR count). The van der Waals surface area contributed by atoms with E-state index in [1.54, 1.807) is 6.20 Å². The second kappa shape index (κ2) is 6.53. The van der Waals surface area contributed by atoms with Crippen LogP contribution in [0, 0.1) is 0 Å². The molecule has 0 amide bonds. The van der Waals surface area contributed by atoms with Crippen molar-refractivity contribution in [3.63, 3.8) is 0 Å². The number of nitrogen functional groups attached to an aromatic ring is 1. The van der Waals surface area contributed by atoms with E-state index in [1.807, 2.05) is 24.7 Å². The molecule has 6 nitrogen and oxygen atoms in total. The fraction of sp³-hybridized carbons (Fsp3) is 0.429. The zero-order valence-corrected chi connectivity index (χ0v) is 15.5. The molecule has 1 unspecified atom stereocenters. The number of rotatable bonds is 2. The third-order valence-corrected chi connectivity index (χ3v) is 6.12. The van der Waals surface area contributed by atoms with Gasteiger partial charge in [0.2, 0.25) is 0 Å². The molecule has 3 aromatic rings. The number of nitrogens with one attached hydrogen (secondary N) is 2. The molecule has 0 bridgehead atoms. The van der Waals surface area contributed by atoms with Crippen molar-refractivity contribution in [1.29, 1.82) is 0 Å². The molecular formula is C21H26N6. The van der Waals surface area contributed by atoms with Crippen LogP contribution in [0.2, 0.25) is 0 Å². The van der Waals surface area contributed by atoms with Gasteiger partial charge >= 0.3 is 0 Å². The molecule has 0 aromatic carbocycles. The predicted octanol–water partition coefficient (Wildman–Crippen LogP) is 3.32. The van der Waals surface area contributed by atoms with E-state index in [1.165, 1.54) is 37.8 Å². The van der Waals surface area contributed by atoms with Crippen molar-refractivity contribution in [2.75, 3.05) is 30.3 Å². The Kier molecular flexibility index (Phi) is 4.01. The Labute approximate surface area is 159 Å². The van der Waals surface area contributed by atoms with Crippen LogP contribution in [0.15, 0.2) is 36.9 Å². The first-order valence-electron chi connectivity index (χ1n) is 9.91. The lowest BCUT2D eigenvalue weighted by atomic mass is 9.81. The van der Waals surface area contributed by atoms with Gasteiger partial charge in [0.1, 0.15) is 5.65 Å². The number of fused-ring (bicyclic) bond motifs is 1. The number of aromatic amines is 1. The number of nitrogens with zero attached hydrogens (tertiary/aromatic N) is 3. The second-order valence-corrected chi connectivity index (χ2v) is 7.95. The largest absolute Gasteiger partial charge is 0.397 e. The molecule has 4 N–H and O–H groups in total. The molecule has 2 aliphatic rings. The monoisotopic (exact) mass is 362 g/mol. The summed E-state index contributed by atoms with van der Waals surface area (Å²) in [6, 6.07) is 4.13. The Hall–Kier alpha value is -2.60. The van der Waals surface area contributed by atoms with Crippen LogP contribution in [-0.2, 0) is 0 Å². The van der Waals surface area contributed by atoms with Gasteiger partial charge in [-0.3, -0.25) is 4.98 Å². The minimum absolute atomic E-state index is 0.265. The molecule has 140 valence electrons. The van der Waals surface area contributed by atoms with Crippen LogP contribution in [0.1, 0.15) is 32.1 Å². The van der Waals surface area contributed by atoms with Crippen molar-refractivity contribution in [3.8, 4) is 11.1 Å². The van der Waals surface area contributed by atoms with Crippen LogP contribution in [0.25, 0.3) is 22.2 Å². The first kappa shape index (κ1) is 16.6. The first-order chi connectivity index (χ1) is 13.2. The Morgan fingerprint density at radius 2 is 2.07 bits per heavy atom. The minimum Gasteiger partial charge on any atom is -0.397 e. The highest BCUT2D eigenvalue weighted by Crippen LogP contribution is 2.38. The van der Waals surface area contributed by atoms with Crippen LogP contribution in [0.3, 0.4) is 0 Å². The molecule has 5 heterocycles. The van der Waals surface area contributed by atoms with E-state index in [-0.39, 0.29) is 5.54 Å². The van der Waals surface area contributed by atoms with Gasteiger partial charge < -0.3 is 20.9 Å². The van der Waals surface area contributed by atoms with Crippen molar-refractivity contribution in [2.45, 2.75) is 37.6 Å². The summed E-state index contributed by atoms with van der Waals surface area (Å²) in [5.41, 5.74) is 11.2. The van der Waals surface area contributed by atoms with Gasteiger partial charge in [0, 0.05) is 65.6 Å². The Morgan fingerprint density at radius 1 is 1.15 bits per heavy atom. The number of anilines is 2. The number of hydrogen-bond donors (Lipinski definition) is 3. The Balaban J connectivity index is 1.58. The van der Waals surface area contributed by atoms with Gasteiger partial charge in [-0.05, 0) is 44.4 Å². The average molecular weight is 362 g/mol. The van der Waals surface area contributed by atoms with Gasteiger partial charge in [-0.25, -0.2) is 4.98 Å². The summed E-state index contributed by atoms with van der Waals surface area (Å²) < 4.78 is 0. The lowest BCUT2D eigenvalue weighted by Gasteiger charge is -2.47. The number of pyridine rings is 2. The molecule has 1 spiro atoms. The molecule has 0 saturated carbocycles. The Morgan fingerprint density at radius 3 is 2.93 bits per heavy atom. The summed E-state index contributed by atoms with van der Waals surface area (Å²) in [6.45, 7) is 3.29. The maximum Gasteiger partial charge on any atom is 0.139 e. The molecule has 1 atom stereocenters. The van der Waals surface area contributed by atoms with E-state index >= 15 is 0 Å². The van der Waals surface area contributed by atoms with Crippen LogP contribution in [-0.4, -0.2) is 40.1 Å². The summed E-state index contributed by atoms with van der Waals surface area (Å²) in [7, 11) is 0. The average Bonchev–Trinajstić information content (AvgIpc) is 3.13. The van der Waals surface area contributed by atoms with E-state index in [2.05, 4.69) is 31.2 Å². The number of H-pyrrole nitrogens is 1. The molecule has 2 saturated heterocycles. The molecule has 6 heteroatoms.